The highest BCUT2D eigenvalue weighted by atomic mass is 16.3. The Bertz CT molecular complexity index is 3000. The van der Waals surface area contributed by atoms with E-state index in [1.165, 1.54) is 66.1 Å². The van der Waals surface area contributed by atoms with E-state index in [1.54, 1.807) is 0 Å². The van der Waals surface area contributed by atoms with Gasteiger partial charge in [-0.2, -0.15) is 0 Å². The Kier molecular flexibility index (Phi) is 6.78. The molecule has 2 aliphatic rings. The third-order valence-corrected chi connectivity index (χ3v) is 11.9. The molecule has 0 aliphatic heterocycles. The van der Waals surface area contributed by atoms with Gasteiger partial charge in [0.15, 0.2) is 0 Å². The zero-order valence-electron chi connectivity index (χ0n) is 29.8. The molecule has 2 heterocycles. The van der Waals surface area contributed by atoms with Gasteiger partial charge in [-0.25, -0.2) is 0 Å². The standard InChI is InChI=1S/C52H35NO/c1-52-29-12-11-26-45(52)49(33-15-3-2-4-16-33)41-22-9-10-23-42(41)50(52)44-25-13-24-43-36-28-27-34(31-46(36)54-51(43)44)47-37-18-5-7-20-39(37)48(35-17-14-30-53-32-35)40-21-8-6-19-38(40)47/h2-32,50H,1H3. The number of hydrogen-bond acceptors (Lipinski definition) is 2. The molecule has 0 radical (unpaired) electrons. The minimum Gasteiger partial charge on any atom is -0.456 e. The summed E-state index contributed by atoms with van der Waals surface area (Å²) in [5.41, 5.74) is 13.9. The zero-order valence-corrected chi connectivity index (χ0v) is 29.8. The number of allylic oxidation sites excluding steroid dienone is 5. The molecule has 254 valence electrons. The molecule has 2 unspecified atom stereocenters. The second kappa shape index (κ2) is 11.9. The first-order valence-corrected chi connectivity index (χ1v) is 18.7. The van der Waals surface area contributed by atoms with Crippen LogP contribution in [-0.4, -0.2) is 4.98 Å². The number of pyridine rings is 1. The molecule has 0 bridgehead atoms. The topological polar surface area (TPSA) is 26.0 Å². The van der Waals surface area contributed by atoms with Crippen LogP contribution in [0, 0.1) is 5.41 Å². The normalized spacial score (nSPS) is 17.8. The van der Waals surface area contributed by atoms with E-state index in [9.17, 15) is 0 Å². The predicted molar refractivity (Wildman–Crippen MR) is 225 cm³/mol. The smallest absolute Gasteiger partial charge is 0.139 e. The van der Waals surface area contributed by atoms with Crippen LogP contribution < -0.4 is 0 Å². The zero-order chi connectivity index (χ0) is 35.8. The molecule has 2 aromatic heterocycles. The number of hydrogen-bond donors (Lipinski definition) is 0. The van der Waals surface area contributed by atoms with Crippen molar-refractivity contribution < 1.29 is 4.42 Å². The third-order valence-electron chi connectivity index (χ3n) is 11.9. The number of nitrogens with zero attached hydrogens (tertiary/aromatic N) is 1. The number of para-hydroxylation sites is 1. The Balaban J connectivity index is 1.14. The van der Waals surface area contributed by atoms with Gasteiger partial charge in [-0.1, -0.05) is 165 Å². The van der Waals surface area contributed by atoms with Gasteiger partial charge in [0.05, 0.1) is 0 Å². The highest BCUT2D eigenvalue weighted by Crippen LogP contribution is 2.58. The van der Waals surface area contributed by atoms with Crippen LogP contribution in [0.25, 0.3) is 71.3 Å². The summed E-state index contributed by atoms with van der Waals surface area (Å²) < 4.78 is 7.10. The Morgan fingerprint density at radius 2 is 1.19 bits per heavy atom. The SMILES string of the molecule is CC12C=CC=CC1=C(c1ccccc1)c1ccccc1C2c1cccc2c1oc1cc(-c3c4ccccc4c(-c4cccnc4)c4ccccc34)ccc12. The van der Waals surface area contributed by atoms with Gasteiger partial charge in [0, 0.05) is 45.6 Å². The van der Waals surface area contributed by atoms with Crippen molar-refractivity contribution in [3.05, 3.63) is 216 Å². The van der Waals surface area contributed by atoms with E-state index >= 15 is 0 Å². The molecular weight excluding hydrogens is 655 g/mol. The number of benzene rings is 7. The van der Waals surface area contributed by atoms with Crippen molar-refractivity contribution in [3.63, 3.8) is 0 Å². The fourth-order valence-electron chi connectivity index (χ4n) is 9.60. The Morgan fingerprint density at radius 1 is 0.537 bits per heavy atom. The van der Waals surface area contributed by atoms with E-state index in [-0.39, 0.29) is 11.3 Å². The molecule has 0 fully saturated rings. The highest BCUT2D eigenvalue weighted by Gasteiger charge is 2.45. The Hall–Kier alpha value is -6.77. The van der Waals surface area contributed by atoms with E-state index in [0.717, 1.165) is 33.1 Å². The van der Waals surface area contributed by atoms with Gasteiger partial charge in [0.1, 0.15) is 11.2 Å². The van der Waals surface area contributed by atoms with Crippen LogP contribution in [0.2, 0.25) is 0 Å². The molecule has 9 aromatic rings. The fraction of sp³-hybridized carbons (Fsp3) is 0.0577. The summed E-state index contributed by atoms with van der Waals surface area (Å²) >= 11 is 0. The molecule has 0 saturated carbocycles. The van der Waals surface area contributed by atoms with E-state index in [0.29, 0.717) is 0 Å². The van der Waals surface area contributed by atoms with E-state index in [2.05, 4.69) is 182 Å². The van der Waals surface area contributed by atoms with Crippen LogP contribution in [-0.2, 0) is 0 Å². The maximum Gasteiger partial charge on any atom is 0.139 e. The first-order chi connectivity index (χ1) is 26.7. The quantitative estimate of drug-likeness (QED) is 0.172. The molecule has 2 aliphatic carbocycles. The monoisotopic (exact) mass is 689 g/mol. The number of fused-ring (bicyclic) bond motifs is 7. The van der Waals surface area contributed by atoms with Crippen molar-refractivity contribution in [2.75, 3.05) is 0 Å². The molecule has 0 saturated heterocycles. The molecule has 0 N–H and O–H groups in total. The largest absolute Gasteiger partial charge is 0.456 e. The summed E-state index contributed by atoms with van der Waals surface area (Å²) in [4.78, 5) is 4.49. The van der Waals surface area contributed by atoms with Gasteiger partial charge in [-0.15, -0.1) is 0 Å². The molecular formula is C52H35NO. The molecule has 11 rings (SSSR count). The first-order valence-electron chi connectivity index (χ1n) is 18.7. The lowest BCUT2D eigenvalue weighted by molar-refractivity contribution is 0.447. The van der Waals surface area contributed by atoms with Crippen molar-refractivity contribution in [1.29, 1.82) is 0 Å². The van der Waals surface area contributed by atoms with Crippen molar-refractivity contribution >= 4 is 49.1 Å². The highest BCUT2D eigenvalue weighted by molar-refractivity contribution is 6.22. The average molecular weight is 690 g/mol. The van der Waals surface area contributed by atoms with Crippen molar-refractivity contribution in [2.45, 2.75) is 12.8 Å². The van der Waals surface area contributed by atoms with Crippen LogP contribution in [0.5, 0.6) is 0 Å². The minimum absolute atomic E-state index is 0.0500. The molecule has 2 atom stereocenters. The van der Waals surface area contributed by atoms with E-state index < -0.39 is 0 Å². The molecule has 2 heteroatoms. The van der Waals surface area contributed by atoms with Crippen LogP contribution in [0.4, 0.5) is 0 Å². The third kappa shape index (κ3) is 4.44. The molecule has 7 aromatic carbocycles. The van der Waals surface area contributed by atoms with Gasteiger partial charge in [0.2, 0.25) is 0 Å². The summed E-state index contributed by atoms with van der Waals surface area (Å²) in [6.45, 7) is 2.40. The summed E-state index contributed by atoms with van der Waals surface area (Å²) in [5.74, 6) is 0.0500. The second-order valence-corrected chi connectivity index (χ2v) is 14.8. The minimum atomic E-state index is -0.291. The number of furan rings is 1. The van der Waals surface area contributed by atoms with Gasteiger partial charge in [0.25, 0.3) is 0 Å². The van der Waals surface area contributed by atoms with Crippen molar-refractivity contribution in [3.8, 4) is 22.3 Å². The first kappa shape index (κ1) is 30.8. The summed E-state index contributed by atoms with van der Waals surface area (Å²) in [7, 11) is 0. The Morgan fingerprint density at radius 3 is 1.93 bits per heavy atom. The van der Waals surface area contributed by atoms with Crippen molar-refractivity contribution in [1.82, 2.24) is 4.98 Å². The van der Waals surface area contributed by atoms with Gasteiger partial charge in [-0.3, -0.25) is 4.98 Å². The molecule has 54 heavy (non-hydrogen) atoms. The number of rotatable bonds is 4. The Labute approximate surface area is 314 Å². The molecule has 0 spiro atoms. The van der Waals surface area contributed by atoms with Crippen LogP contribution >= 0.6 is 0 Å². The van der Waals surface area contributed by atoms with Crippen molar-refractivity contribution in [2.24, 2.45) is 5.41 Å². The summed E-state index contributed by atoms with van der Waals surface area (Å²) in [6.07, 6.45) is 12.9. The molecule has 0 amide bonds. The van der Waals surface area contributed by atoms with Crippen LogP contribution in [0.3, 0.4) is 0 Å². The maximum absolute atomic E-state index is 7.10. The maximum atomic E-state index is 7.10. The van der Waals surface area contributed by atoms with Gasteiger partial charge in [-0.05, 0) is 84.3 Å². The lowest BCUT2D eigenvalue weighted by Gasteiger charge is -2.44. The lowest BCUT2D eigenvalue weighted by atomic mass is 9.58. The van der Waals surface area contributed by atoms with Gasteiger partial charge >= 0.3 is 0 Å². The van der Waals surface area contributed by atoms with Gasteiger partial charge < -0.3 is 4.42 Å². The average Bonchev–Trinajstić information content (AvgIpc) is 3.61. The molecule has 2 nitrogen and oxygen atoms in total. The lowest BCUT2D eigenvalue weighted by Crippen LogP contribution is -2.32. The summed E-state index contributed by atoms with van der Waals surface area (Å²) in [5, 5.41) is 7.12. The van der Waals surface area contributed by atoms with E-state index in [4.69, 9.17) is 4.42 Å². The van der Waals surface area contributed by atoms with Crippen LogP contribution in [0.1, 0.15) is 35.1 Å². The fourth-order valence-corrected chi connectivity index (χ4v) is 9.60. The predicted octanol–water partition coefficient (Wildman–Crippen LogP) is 13.7. The number of aromatic nitrogens is 1. The second-order valence-electron chi connectivity index (χ2n) is 14.8. The van der Waals surface area contributed by atoms with Crippen LogP contribution in [0.15, 0.2) is 198 Å². The summed E-state index contributed by atoms with van der Waals surface area (Å²) in [6, 6.07) is 55.0. The van der Waals surface area contributed by atoms with E-state index in [1.807, 2.05) is 18.5 Å².